The highest BCUT2D eigenvalue weighted by atomic mass is 15.1. The van der Waals surface area contributed by atoms with Crippen molar-refractivity contribution in [2.45, 2.75) is 5.41 Å². The fraction of sp³-hybridized carbons (Fsp3) is 0.0189. The van der Waals surface area contributed by atoms with E-state index < -0.39 is 5.41 Å². The zero-order valence-corrected chi connectivity index (χ0v) is 29.7. The molecule has 0 heterocycles. The van der Waals surface area contributed by atoms with Gasteiger partial charge in [0.2, 0.25) is 0 Å². The van der Waals surface area contributed by atoms with Gasteiger partial charge in [0.15, 0.2) is 0 Å². The molecule has 0 aliphatic heterocycles. The summed E-state index contributed by atoms with van der Waals surface area (Å²) in [6.45, 7) is 0. The maximum atomic E-state index is 2.38. The summed E-state index contributed by atoms with van der Waals surface area (Å²) in [5.74, 6) is 0. The van der Waals surface area contributed by atoms with Crippen LogP contribution >= 0.6 is 0 Å². The van der Waals surface area contributed by atoms with Crippen LogP contribution in [-0.2, 0) is 5.41 Å². The summed E-state index contributed by atoms with van der Waals surface area (Å²) in [7, 11) is 0. The van der Waals surface area contributed by atoms with Gasteiger partial charge in [-0.25, -0.2) is 0 Å². The molecule has 0 amide bonds. The van der Waals surface area contributed by atoms with Crippen LogP contribution in [0.4, 0.5) is 17.1 Å². The molecule has 0 atom stereocenters. The first-order valence-electron chi connectivity index (χ1n) is 18.8. The highest BCUT2D eigenvalue weighted by molar-refractivity contribution is 6.16. The predicted molar refractivity (Wildman–Crippen MR) is 226 cm³/mol. The molecule has 11 rings (SSSR count). The third kappa shape index (κ3) is 4.27. The zero-order chi connectivity index (χ0) is 35.6. The van der Waals surface area contributed by atoms with Crippen molar-refractivity contribution in [3.05, 3.63) is 235 Å². The Kier molecular flexibility index (Phi) is 6.84. The Morgan fingerprint density at radius 2 is 0.685 bits per heavy atom. The lowest BCUT2D eigenvalue weighted by Gasteiger charge is -2.32. The van der Waals surface area contributed by atoms with Crippen LogP contribution in [0.3, 0.4) is 0 Å². The molecule has 0 unspecified atom stereocenters. The van der Waals surface area contributed by atoms with Gasteiger partial charge in [-0.1, -0.05) is 176 Å². The van der Waals surface area contributed by atoms with Crippen molar-refractivity contribution in [1.82, 2.24) is 0 Å². The molecule has 0 saturated heterocycles. The normalized spacial score (nSPS) is 13.0. The summed E-state index contributed by atoms with van der Waals surface area (Å²) < 4.78 is 0. The molecule has 1 spiro atoms. The van der Waals surface area contributed by atoms with Crippen LogP contribution in [0.1, 0.15) is 22.3 Å². The van der Waals surface area contributed by atoms with Crippen LogP contribution in [0.15, 0.2) is 212 Å². The number of fused-ring (bicyclic) bond motifs is 12. The summed E-state index contributed by atoms with van der Waals surface area (Å²) in [5.41, 5.74) is 18.6. The van der Waals surface area contributed by atoms with Crippen molar-refractivity contribution in [3.8, 4) is 44.5 Å². The number of rotatable bonds is 5. The van der Waals surface area contributed by atoms with Crippen molar-refractivity contribution >= 4 is 27.8 Å². The van der Waals surface area contributed by atoms with E-state index in [0.717, 1.165) is 17.1 Å². The van der Waals surface area contributed by atoms with E-state index in [0.29, 0.717) is 0 Å². The highest BCUT2D eigenvalue weighted by Crippen LogP contribution is 2.66. The molecule has 1 nitrogen and oxygen atoms in total. The Morgan fingerprint density at radius 1 is 0.278 bits per heavy atom. The molecule has 2 aliphatic rings. The summed E-state index contributed by atoms with van der Waals surface area (Å²) in [6, 6.07) is 78.1. The van der Waals surface area contributed by atoms with Gasteiger partial charge in [0.1, 0.15) is 0 Å². The first-order valence-corrected chi connectivity index (χ1v) is 18.8. The van der Waals surface area contributed by atoms with Crippen LogP contribution in [-0.4, -0.2) is 0 Å². The van der Waals surface area contributed by atoms with E-state index in [-0.39, 0.29) is 0 Å². The fourth-order valence-electron chi connectivity index (χ4n) is 9.63. The maximum Gasteiger partial charge on any atom is 0.0731 e. The standard InChI is InChI=1S/C53H35N/c1-4-18-36(19-5-1)49-43-26-10-11-27-44(43)52-51(45-28-14-17-31-48(45)53(52)46-29-15-12-24-41(46)42-25-13-16-30-47(42)53)50(49)37-32-34-40(35-33-37)54(38-20-6-2-7-21-38)39-22-8-3-9-23-39/h1-35H. The molecule has 252 valence electrons. The predicted octanol–water partition coefficient (Wildman–Crippen LogP) is 14.0. The van der Waals surface area contributed by atoms with Crippen LogP contribution in [0, 0.1) is 0 Å². The molecule has 1 heteroatoms. The van der Waals surface area contributed by atoms with E-state index in [4.69, 9.17) is 0 Å². The molecule has 2 aliphatic carbocycles. The van der Waals surface area contributed by atoms with E-state index >= 15 is 0 Å². The monoisotopic (exact) mass is 685 g/mol. The van der Waals surface area contributed by atoms with E-state index in [2.05, 4.69) is 217 Å². The van der Waals surface area contributed by atoms with Gasteiger partial charge in [-0.2, -0.15) is 0 Å². The van der Waals surface area contributed by atoms with Crippen molar-refractivity contribution in [3.63, 3.8) is 0 Å². The lowest BCUT2D eigenvalue weighted by Crippen LogP contribution is -2.26. The Hall–Kier alpha value is -6.96. The van der Waals surface area contributed by atoms with Crippen LogP contribution < -0.4 is 4.90 Å². The van der Waals surface area contributed by atoms with E-state index in [1.54, 1.807) is 0 Å². The van der Waals surface area contributed by atoms with Gasteiger partial charge in [0.25, 0.3) is 0 Å². The smallest absolute Gasteiger partial charge is 0.0731 e. The minimum atomic E-state index is -0.458. The van der Waals surface area contributed by atoms with Crippen LogP contribution in [0.25, 0.3) is 55.3 Å². The highest BCUT2D eigenvalue weighted by Gasteiger charge is 2.53. The number of hydrogen-bond acceptors (Lipinski definition) is 1. The summed E-state index contributed by atoms with van der Waals surface area (Å²) >= 11 is 0. The van der Waals surface area contributed by atoms with Crippen molar-refractivity contribution < 1.29 is 0 Å². The fourth-order valence-corrected chi connectivity index (χ4v) is 9.63. The number of para-hydroxylation sites is 2. The second kappa shape index (κ2) is 12.0. The van der Waals surface area contributed by atoms with Gasteiger partial charge in [0, 0.05) is 17.1 Å². The molecule has 0 saturated carbocycles. The molecule has 0 N–H and O–H groups in total. The minimum absolute atomic E-state index is 0.458. The third-order valence-electron chi connectivity index (χ3n) is 11.6. The number of hydrogen-bond donors (Lipinski definition) is 0. The summed E-state index contributed by atoms with van der Waals surface area (Å²) in [4.78, 5) is 2.34. The van der Waals surface area contributed by atoms with Crippen LogP contribution in [0.2, 0.25) is 0 Å². The number of anilines is 3. The van der Waals surface area contributed by atoms with Gasteiger partial charge < -0.3 is 4.90 Å². The Balaban J connectivity index is 1.26. The lowest BCUT2D eigenvalue weighted by molar-refractivity contribution is 0.801. The average molecular weight is 686 g/mol. The topological polar surface area (TPSA) is 3.24 Å². The van der Waals surface area contributed by atoms with Crippen molar-refractivity contribution in [1.29, 1.82) is 0 Å². The largest absolute Gasteiger partial charge is 0.311 e. The van der Waals surface area contributed by atoms with E-state index in [1.807, 2.05) is 0 Å². The third-order valence-corrected chi connectivity index (χ3v) is 11.6. The van der Waals surface area contributed by atoms with Gasteiger partial charge in [0.05, 0.1) is 5.41 Å². The average Bonchev–Trinajstić information content (AvgIpc) is 3.73. The molecule has 0 bridgehead atoms. The summed E-state index contributed by atoms with van der Waals surface area (Å²) in [5, 5.41) is 2.57. The number of benzene rings is 9. The molecule has 0 aromatic heterocycles. The van der Waals surface area contributed by atoms with Crippen LogP contribution in [0.5, 0.6) is 0 Å². The molecular formula is C53H35N. The maximum absolute atomic E-state index is 2.38. The van der Waals surface area contributed by atoms with E-state index in [9.17, 15) is 0 Å². The molecule has 0 fully saturated rings. The second-order valence-electron chi connectivity index (χ2n) is 14.4. The molecule has 9 aromatic rings. The Morgan fingerprint density at radius 3 is 1.26 bits per heavy atom. The zero-order valence-electron chi connectivity index (χ0n) is 29.7. The first kappa shape index (κ1) is 30.6. The Labute approximate surface area is 316 Å². The summed E-state index contributed by atoms with van der Waals surface area (Å²) in [6.07, 6.45) is 0. The molecule has 54 heavy (non-hydrogen) atoms. The molecular weight excluding hydrogens is 651 g/mol. The van der Waals surface area contributed by atoms with Gasteiger partial charge in [-0.15, -0.1) is 0 Å². The first-order chi connectivity index (χ1) is 26.8. The van der Waals surface area contributed by atoms with Gasteiger partial charge in [-0.05, 0) is 114 Å². The second-order valence-corrected chi connectivity index (χ2v) is 14.4. The lowest BCUT2D eigenvalue weighted by atomic mass is 9.68. The quantitative estimate of drug-likeness (QED) is 0.174. The van der Waals surface area contributed by atoms with Gasteiger partial charge in [-0.3, -0.25) is 0 Å². The molecule has 9 aromatic carbocycles. The Bertz CT molecular complexity index is 2770. The van der Waals surface area contributed by atoms with E-state index in [1.165, 1.54) is 77.5 Å². The molecule has 0 radical (unpaired) electrons. The van der Waals surface area contributed by atoms with Crippen molar-refractivity contribution in [2.24, 2.45) is 0 Å². The SMILES string of the molecule is c1ccc(-c2c(-c3ccc(N(c4ccccc4)c4ccccc4)cc3)c3c(c4ccccc24)C2(c4ccccc4-c4ccccc42)c2ccccc2-3)cc1. The number of nitrogens with zero attached hydrogens (tertiary/aromatic N) is 1. The van der Waals surface area contributed by atoms with Gasteiger partial charge >= 0.3 is 0 Å². The van der Waals surface area contributed by atoms with Crippen molar-refractivity contribution in [2.75, 3.05) is 4.90 Å². The minimum Gasteiger partial charge on any atom is -0.311 e.